The van der Waals surface area contributed by atoms with Crippen LogP contribution in [0.2, 0.25) is 0 Å². The van der Waals surface area contributed by atoms with Gasteiger partial charge in [-0.2, -0.15) is 18.4 Å². The van der Waals surface area contributed by atoms with Gasteiger partial charge in [-0.25, -0.2) is 0 Å². The molecule has 1 saturated heterocycles. The first kappa shape index (κ1) is 19.1. The van der Waals surface area contributed by atoms with Crippen molar-refractivity contribution in [2.45, 2.75) is 49.9 Å². The molecule has 3 nitrogen and oxygen atoms in total. The molecule has 1 fully saturated rings. The van der Waals surface area contributed by atoms with Gasteiger partial charge in [-0.15, -0.1) is 0 Å². The van der Waals surface area contributed by atoms with Crippen LogP contribution in [0.3, 0.4) is 0 Å². The topological polar surface area (TPSA) is 36.3 Å². The lowest BCUT2D eigenvalue weighted by Gasteiger charge is -2.20. The van der Waals surface area contributed by atoms with Gasteiger partial charge in [-0.3, -0.25) is 4.90 Å². The number of alkyl halides is 3. The Balaban J connectivity index is 2.03. The fourth-order valence-electron chi connectivity index (χ4n) is 2.79. The van der Waals surface area contributed by atoms with Gasteiger partial charge < -0.3 is 4.74 Å². The van der Waals surface area contributed by atoms with Gasteiger partial charge >= 0.3 is 6.18 Å². The smallest absolute Gasteiger partial charge is 0.377 e. The lowest BCUT2D eigenvalue weighted by molar-refractivity contribution is -0.138. The van der Waals surface area contributed by atoms with E-state index >= 15 is 0 Å². The third-order valence-electron chi connectivity index (χ3n) is 4.02. The van der Waals surface area contributed by atoms with E-state index in [2.05, 4.69) is 6.92 Å². The molecule has 0 spiro atoms. The van der Waals surface area contributed by atoms with Crippen molar-refractivity contribution in [1.29, 1.82) is 5.26 Å². The fourth-order valence-corrected chi connectivity index (χ4v) is 3.20. The normalized spacial score (nSPS) is 18.7. The second-order valence-electron chi connectivity index (χ2n) is 5.88. The molecule has 2 rings (SSSR count). The van der Waals surface area contributed by atoms with Gasteiger partial charge in [0.05, 0.1) is 11.7 Å². The van der Waals surface area contributed by atoms with Gasteiger partial charge in [-0.05, 0) is 42.3 Å². The van der Waals surface area contributed by atoms with Crippen LogP contribution < -0.4 is 0 Å². The third-order valence-corrected chi connectivity index (χ3v) is 4.61. The van der Waals surface area contributed by atoms with Crippen molar-refractivity contribution in [3.63, 3.8) is 0 Å². The first-order valence-corrected chi connectivity index (χ1v) is 8.85. The van der Waals surface area contributed by atoms with Crippen LogP contribution in [0.4, 0.5) is 13.2 Å². The number of rotatable bonds is 7. The van der Waals surface area contributed by atoms with Crippen molar-refractivity contribution in [2.75, 3.05) is 19.7 Å². The summed E-state index contributed by atoms with van der Waals surface area (Å²) in [4.78, 5) is 2.31. The molecule has 1 heterocycles. The highest BCUT2D eigenvalue weighted by Gasteiger charge is 2.34. The van der Waals surface area contributed by atoms with Crippen molar-refractivity contribution in [3.8, 4) is 5.40 Å². The van der Waals surface area contributed by atoms with E-state index in [1.54, 1.807) is 6.07 Å². The second kappa shape index (κ2) is 8.75. The molecular formula is C17H21F3N2OS. The lowest BCUT2D eigenvalue weighted by Crippen LogP contribution is -2.24. The van der Waals surface area contributed by atoms with Crippen molar-refractivity contribution in [3.05, 3.63) is 29.3 Å². The number of thiocyanates is 1. The van der Waals surface area contributed by atoms with Gasteiger partial charge in [0.2, 0.25) is 0 Å². The Kier molecular flexibility index (Phi) is 6.96. The predicted octanol–water partition coefficient (Wildman–Crippen LogP) is 4.67. The molecule has 24 heavy (non-hydrogen) atoms. The van der Waals surface area contributed by atoms with E-state index in [0.717, 1.165) is 43.6 Å². The molecule has 0 amide bonds. The molecular weight excluding hydrogens is 337 g/mol. The van der Waals surface area contributed by atoms with Crippen LogP contribution >= 0.6 is 11.8 Å². The molecule has 1 aromatic rings. The summed E-state index contributed by atoms with van der Waals surface area (Å²) in [6.07, 6.45) is -1.38. The van der Waals surface area contributed by atoms with E-state index in [1.165, 1.54) is 6.07 Å². The van der Waals surface area contributed by atoms with Crippen molar-refractivity contribution in [1.82, 2.24) is 4.90 Å². The molecule has 0 saturated carbocycles. The van der Waals surface area contributed by atoms with Crippen LogP contribution in [-0.4, -0.2) is 30.7 Å². The van der Waals surface area contributed by atoms with Crippen LogP contribution in [0.15, 0.2) is 23.1 Å². The van der Waals surface area contributed by atoms with E-state index < -0.39 is 11.7 Å². The SMILES string of the molecule is CCCCO[C@@H]1CCN(Cc2ccc(SC#N)cc2C(F)(F)F)C1. The molecule has 1 atom stereocenters. The molecule has 1 aliphatic rings. The van der Waals surface area contributed by atoms with Crippen LogP contribution in [0.5, 0.6) is 0 Å². The first-order valence-electron chi connectivity index (χ1n) is 8.04. The minimum atomic E-state index is -4.42. The predicted molar refractivity (Wildman–Crippen MR) is 87.5 cm³/mol. The summed E-state index contributed by atoms with van der Waals surface area (Å²) < 4.78 is 45.6. The van der Waals surface area contributed by atoms with Gasteiger partial charge in [0.25, 0.3) is 0 Å². The molecule has 0 radical (unpaired) electrons. The summed E-state index contributed by atoms with van der Waals surface area (Å²) in [6.45, 7) is 4.46. The van der Waals surface area contributed by atoms with Crippen molar-refractivity contribution >= 4 is 11.8 Å². The summed E-state index contributed by atoms with van der Waals surface area (Å²) in [5.41, 5.74) is -0.405. The quantitative estimate of drug-likeness (QED) is 0.403. The number of ether oxygens (including phenoxy) is 1. The van der Waals surface area contributed by atoms with Gasteiger partial charge in [0.15, 0.2) is 0 Å². The second-order valence-corrected chi connectivity index (χ2v) is 6.74. The number of nitriles is 1. The van der Waals surface area contributed by atoms with E-state index in [9.17, 15) is 13.2 Å². The first-order chi connectivity index (χ1) is 11.4. The summed E-state index contributed by atoms with van der Waals surface area (Å²) >= 11 is 0.741. The standard InChI is InChI=1S/C17H21F3N2OS/c1-2-3-8-23-14-6-7-22(11-14)10-13-4-5-15(24-12-21)9-16(13)17(18,19)20/h4-5,9,14H,2-3,6-8,10-11H2,1H3/t14-/m1/s1. The maximum absolute atomic E-state index is 13.3. The van der Waals surface area contributed by atoms with Crippen LogP contribution in [0, 0.1) is 10.7 Å². The molecule has 1 aliphatic heterocycles. The molecule has 0 aliphatic carbocycles. The van der Waals surface area contributed by atoms with Crippen LogP contribution in [-0.2, 0) is 17.5 Å². The minimum Gasteiger partial charge on any atom is -0.377 e. The molecule has 1 aromatic carbocycles. The lowest BCUT2D eigenvalue weighted by atomic mass is 10.1. The van der Waals surface area contributed by atoms with E-state index in [-0.39, 0.29) is 18.2 Å². The van der Waals surface area contributed by atoms with Crippen LogP contribution in [0.25, 0.3) is 0 Å². The number of thioether (sulfide) groups is 1. The van der Waals surface area contributed by atoms with Crippen molar-refractivity contribution in [2.24, 2.45) is 0 Å². The number of benzene rings is 1. The highest BCUT2D eigenvalue weighted by molar-refractivity contribution is 8.03. The Morgan fingerprint density at radius 2 is 2.21 bits per heavy atom. The van der Waals surface area contributed by atoms with E-state index in [4.69, 9.17) is 10.00 Å². The number of halogens is 3. The zero-order valence-electron chi connectivity index (χ0n) is 13.6. The summed E-state index contributed by atoms with van der Waals surface area (Å²) in [7, 11) is 0. The molecule has 0 aromatic heterocycles. The number of hydrogen-bond donors (Lipinski definition) is 0. The number of unbranched alkanes of at least 4 members (excludes halogenated alkanes) is 1. The van der Waals surface area contributed by atoms with E-state index in [0.29, 0.717) is 18.0 Å². The number of hydrogen-bond acceptors (Lipinski definition) is 4. The third kappa shape index (κ3) is 5.40. The maximum atomic E-state index is 13.3. The molecule has 0 N–H and O–H groups in total. The Labute approximate surface area is 144 Å². The molecule has 0 bridgehead atoms. The maximum Gasteiger partial charge on any atom is 0.416 e. The van der Waals surface area contributed by atoms with E-state index in [1.807, 2.05) is 10.3 Å². The Morgan fingerprint density at radius 1 is 1.42 bits per heavy atom. The van der Waals surface area contributed by atoms with Gasteiger partial charge in [-0.1, -0.05) is 19.4 Å². The van der Waals surface area contributed by atoms with Gasteiger partial charge in [0.1, 0.15) is 5.40 Å². The number of likely N-dealkylation sites (tertiary alicyclic amines) is 1. The largest absolute Gasteiger partial charge is 0.416 e. The molecule has 132 valence electrons. The summed E-state index contributed by atoms with van der Waals surface area (Å²) in [5.74, 6) is 0. The highest BCUT2D eigenvalue weighted by Crippen LogP contribution is 2.35. The van der Waals surface area contributed by atoms with Gasteiger partial charge in [0, 0.05) is 31.1 Å². The highest BCUT2D eigenvalue weighted by atomic mass is 32.2. The average molecular weight is 358 g/mol. The zero-order valence-corrected chi connectivity index (χ0v) is 14.4. The Bertz CT molecular complexity index is 586. The molecule has 0 unspecified atom stereocenters. The zero-order chi connectivity index (χ0) is 17.6. The Morgan fingerprint density at radius 3 is 2.88 bits per heavy atom. The average Bonchev–Trinajstić information content (AvgIpc) is 2.96. The minimum absolute atomic E-state index is 0.110. The summed E-state index contributed by atoms with van der Waals surface area (Å²) in [6, 6.07) is 4.12. The monoisotopic (exact) mass is 358 g/mol. The molecule has 7 heteroatoms. The fraction of sp³-hybridized carbons (Fsp3) is 0.588. The summed E-state index contributed by atoms with van der Waals surface area (Å²) in [5, 5.41) is 10.4. The Hall–Kier alpha value is -1.23. The van der Waals surface area contributed by atoms with Crippen molar-refractivity contribution < 1.29 is 17.9 Å². The number of nitrogens with zero attached hydrogens (tertiary/aromatic N) is 2. The van der Waals surface area contributed by atoms with Crippen LogP contribution in [0.1, 0.15) is 37.3 Å².